The maximum absolute atomic E-state index is 12.8. The lowest BCUT2D eigenvalue weighted by molar-refractivity contribution is 0.0989. The van der Waals surface area contributed by atoms with Crippen molar-refractivity contribution in [1.29, 1.82) is 0 Å². The van der Waals surface area contributed by atoms with Crippen molar-refractivity contribution >= 4 is 45.0 Å². The highest BCUT2D eigenvalue weighted by atomic mass is 127. The van der Waals surface area contributed by atoms with Crippen LogP contribution >= 0.6 is 33.9 Å². The second kappa shape index (κ2) is 6.91. The third-order valence-corrected chi connectivity index (χ3v) is 5.61. The van der Waals surface area contributed by atoms with Gasteiger partial charge < -0.3 is 0 Å². The maximum atomic E-state index is 12.8. The Kier molecular flexibility index (Phi) is 4.93. The van der Waals surface area contributed by atoms with Gasteiger partial charge in [0.25, 0.3) is 5.91 Å². The van der Waals surface area contributed by atoms with Crippen molar-refractivity contribution in [1.82, 2.24) is 4.98 Å². The summed E-state index contributed by atoms with van der Waals surface area (Å²) < 4.78 is 1.12. The molecule has 0 atom stereocenters. The Bertz CT molecular complexity index is 670. The number of aryl methyl sites for hydroxylation is 2. The van der Waals surface area contributed by atoms with E-state index >= 15 is 0 Å². The van der Waals surface area contributed by atoms with Crippen molar-refractivity contribution < 1.29 is 4.79 Å². The molecule has 0 bridgehead atoms. The van der Waals surface area contributed by atoms with Gasteiger partial charge in [-0.3, -0.25) is 9.69 Å². The summed E-state index contributed by atoms with van der Waals surface area (Å²) in [5, 5.41) is 0.801. The molecule has 22 heavy (non-hydrogen) atoms. The lowest BCUT2D eigenvalue weighted by atomic mass is 10.0. The fourth-order valence-corrected chi connectivity index (χ4v) is 4.09. The molecule has 0 saturated heterocycles. The first-order chi connectivity index (χ1) is 10.7. The molecule has 0 radical (unpaired) electrons. The van der Waals surface area contributed by atoms with Gasteiger partial charge in [0.05, 0.1) is 5.69 Å². The first-order valence-electron chi connectivity index (χ1n) is 7.36. The fourth-order valence-electron chi connectivity index (χ4n) is 2.58. The van der Waals surface area contributed by atoms with Gasteiger partial charge in [-0.2, -0.15) is 0 Å². The minimum Gasteiger partial charge on any atom is -0.280 e. The number of carbonyl (C=O) groups is 1. The Balaban J connectivity index is 1.91. The van der Waals surface area contributed by atoms with Crippen LogP contribution in [0.25, 0.3) is 0 Å². The summed E-state index contributed by atoms with van der Waals surface area (Å²) in [4.78, 5) is 20.6. The first kappa shape index (κ1) is 15.7. The van der Waals surface area contributed by atoms with E-state index in [0.29, 0.717) is 12.1 Å². The zero-order valence-corrected chi connectivity index (χ0v) is 15.2. The molecule has 0 unspecified atom stereocenters. The highest BCUT2D eigenvalue weighted by Gasteiger charge is 2.23. The molecule has 0 spiro atoms. The summed E-state index contributed by atoms with van der Waals surface area (Å²) in [6.07, 6.45) is 6.30. The smallest absolute Gasteiger partial charge is 0.260 e. The molecule has 1 heterocycles. The number of hydrogen-bond acceptors (Lipinski definition) is 3. The molecular weight excluding hydrogens is 407 g/mol. The standard InChI is InChI=1S/C17H17IN2OS/c1-2-11-20(16(21)12-7-9-13(18)10-8-12)17-19-14-5-3-4-6-15(14)22-17/h2,7-10H,1,3-6,11H2. The van der Waals surface area contributed by atoms with Gasteiger partial charge in [-0.1, -0.05) is 6.08 Å². The number of nitrogens with zero attached hydrogens (tertiary/aromatic N) is 2. The van der Waals surface area contributed by atoms with Gasteiger partial charge >= 0.3 is 0 Å². The number of halogens is 1. The van der Waals surface area contributed by atoms with Crippen LogP contribution in [0.4, 0.5) is 5.13 Å². The van der Waals surface area contributed by atoms with Crippen molar-refractivity contribution in [2.45, 2.75) is 25.7 Å². The van der Waals surface area contributed by atoms with Crippen LogP contribution in [0.15, 0.2) is 36.9 Å². The molecule has 2 aromatic rings. The molecule has 1 aliphatic rings. The molecule has 114 valence electrons. The molecule has 0 fully saturated rings. The number of thiazole rings is 1. The Morgan fingerprint density at radius 1 is 1.32 bits per heavy atom. The second-order valence-electron chi connectivity index (χ2n) is 5.28. The van der Waals surface area contributed by atoms with E-state index < -0.39 is 0 Å². The van der Waals surface area contributed by atoms with Gasteiger partial charge in [-0.25, -0.2) is 4.98 Å². The van der Waals surface area contributed by atoms with Crippen LogP contribution in [0.5, 0.6) is 0 Å². The number of amides is 1. The van der Waals surface area contributed by atoms with Crippen molar-refractivity contribution in [3.63, 3.8) is 0 Å². The van der Waals surface area contributed by atoms with E-state index in [4.69, 9.17) is 4.98 Å². The number of benzene rings is 1. The highest BCUT2D eigenvalue weighted by Crippen LogP contribution is 2.32. The number of carbonyl (C=O) groups excluding carboxylic acids is 1. The van der Waals surface area contributed by atoms with Crippen LogP contribution in [-0.4, -0.2) is 17.4 Å². The molecule has 1 aromatic carbocycles. The third kappa shape index (κ3) is 3.25. The van der Waals surface area contributed by atoms with E-state index in [1.54, 1.807) is 22.3 Å². The number of hydrogen-bond donors (Lipinski definition) is 0. The summed E-state index contributed by atoms with van der Waals surface area (Å²) in [6.45, 7) is 4.26. The maximum Gasteiger partial charge on any atom is 0.260 e. The van der Waals surface area contributed by atoms with Crippen molar-refractivity contribution in [3.05, 3.63) is 56.6 Å². The van der Waals surface area contributed by atoms with Crippen LogP contribution in [0.3, 0.4) is 0 Å². The van der Waals surface area contributed by atoms with E-state index in [2.05, 4.69) is 29.2 Å². The third-order valence-electron chi connectivity index (χ3n) is 3.71. The fraction of sp³-hybridized carbons (Fsp3) is 0.294. The minimum atomic E-state index is -0.0117. The topological polar surface area (TPSA) is 33.2 Å². The van der Waals surface area contributed by atoms with E-state index in [-0.39, 0.29) is 5.91 Å². The van der Waals surface area contributed by atoms with E-state index in [1.807, 2.05) is 24.3 Å². The largest absolute Gasteiger partial charge is 0.280 e. The number of anilines is 1. The Hall–Kier alpha value is -1.21. The van der Waals surface area contributed by atoms with Crippen molar-refractivity contribution in [2.75, 3.05) is 11.4 Å². The minimum absolute atomic E-state index is 0.0117. The lowest BCUT2D eigenvalue weighted by Crippen LogP contribution is -2.31. The molecule has 5 heteroatoms. The van der Waals surface area contributed by atoms with E-state index in [0.717, 1.165) is 21.5 Å². The van der Waals surface area contributed by atoms with E-state index in [9.17, 15) is 4.79 Å². The summed E-state index contributed by atoms with van der Waals surface area (Å²) in [5.74, 6) is -0.0117. The molecular formula is C17H17IN2OS. The van der Waals surface area contributed by atoms with E-state index in [1.165, 1.54) is 23.4 Å². The van der Waals surface area contributed by atoms with Crippen LogP contribution in [0.2, 0.25) is 0 Å². The van der Waals surface area contributed by atoms with Gasteiger partial charge in [0.1, 0.15) is 0 Å². The molecule has 1 aliphatic carbocycles. The number of fused-ring (bicyclic) bond motifs is 1. The zero-order chi connectivity index (χ0) is 15.5. The summed E-state index contributed by atoms with van der Waals surface area (Å²) in [7, 11) is 0. The Labute approximate surface area is 148 Å². The normalized spacial score (nSPS) is 13.5. The Morgan fingerprint density at radius 2 is 2.05 bits per heavy atom. The van der Waals surface area contributed by atoms with Crippen LogP contribution < -0.4 is 4.90 Å². The summed E-state index contributed by atoms with van der Waals surface area (Å²) in [5.41, 5.74) is 1.87. The summed E-state index contributed by atoms with van der Waals surface area (Å²) in [6, 6.07) is 7.64. The highest BCUT2D eigenvalue weighted by molar-refractivity contribution is 14.1. The molecule has 3 nitrogen and oxygen atoms in total. The van der Waals surface area contributed by atoms with Gasteiger partial charge in [0.15, 0.2) is 5.13 Å². The quantitative estimate of drug-likeness (QED) is 0.537. The molecule has 3 rings (SSSR count). The Morgan fingerprint density at radius 3 is 2.73 bits per heavy atom. The molecule has 0 aliphatic heterocycles. The number of aromatic nitrogens is 1. The second-order valence-corrected chi connectivity index (χ2v) is 7.59. The van der Waals surface area contributed by atoms with Crippen molar-refractivity contribution in [2.24, 2.45) is 0 Å². The lowest BCUT2D eigenvalue weighted by Gasteiger charge is -2.18. The van der Waals surface area contributed by atoms with Crippen LogP contribution in [0.1, 0.15) is 33.8 Å². The molecule has 0 N–H and O–H groups in total. The van der Waals surface area contributed by atoms with Crippen LogP contribution in [0, 0.1) is 3.57 Å². The van der Waals surface area contributed by atoms with Crippen molar-refractivity contribution in [3.8, 4) is 0 Å². The van der Waals surface area contributed by atoms with Gasteiger partial charge in [-0.05, 0) is 72.5 Å². The predicted molar refractivity (Wildman–Crippen MR) is 99.8 cm³/mol. The first-order valence-corrected chi connectivity index (χ1v) is 9.25. The average Bonchev–Trinajstić information content (AvgIpc) is 2.96. The molecule has 1 aromatic heterocycles. The SMILES string of the molecule is C=CCN(C(=O)c1ccc(I)cc1)c1nc2c(s1)CCCC2. The monoisotopic (exact) mass is 424 g/mol. The van der Waals surface area contributed by atoms with Crippen LogP contribution in [-0.2, 0) is 12.8 Å². The summed E-state index contributed by atoms with van der Waals surface area (Å²) >= 11 is 3.89. The molecule has 1 amide bonds. The average molecular weight is 424 g/mol. The zero-order valence-electron chi connectivity index (χ0n) is 12.2. The van der Waals surface area contributed by atoms with Gasteiger partial charge in [0.2, 0.25) is 0 Å². The van der Waals surface area contributed by atoms with Gasteiger partial charge in [0, 0.05) is 20.6 Å². The van der Waals surface area contributed by atoms with Gasteiger partial charge in [-0.15, -0.1) is 17.9 Å². The molecule has 0 saturated carbocycles. The predicted octanol–water partition coefficient (Wildman–Crippen LogP) is 4.46. The number of rotatable bonds is 4.